The molecule has 1 heterocycles. The highest BCUT2D eigenvalue weighted by atomic mass is 15.2. The van der Waals surface area contributed by atoms with Crippen molar-refractivity contribution in [1.29, 1.82) is 0 Å². The third-order valence-corrected chi connectivity index (χ3v) is 4.12. The minimum absolute atomic E-state index is 0.702. The number of fused-ring (bicyclic) bond motifs is 1. The Morgan fingerprint density at radius 2 is 2.05 bits per heavy atom. The molecule has 1 aromatic carbocycles. The van der Waals surface area contributed by atoms with Gasteiger partial charge in [0, 0.05) is 30.1 Å². The Hall–Kier alpha value is -1.61. The van der Waals surface area contributed by atoms with Crippen molar-refractivity contribution in [3.63, 3.8) is 0 Å². The van der Waals surface area contributed by atoms with Gasteiger partial charge in [0.2, 0.25) is 0 Å². The maximum atomic E-state index is 4.97. The quantitative estimate of drug-likeness (QED) is 0.785. The van der Waals surface area contributed by atoms with E-state index in [1.807, 2.05) is 0 Å². The number of anilines is 1. The zero-order valence-electron chi connectivity index (χ0n) is 13.1. The molecule has 1 saturated carbocycles. The van der Waals surface area contributed by atoms with E-state index in [2.05, 4.69) is 54.4 Å². The standard InChI is InChI=1S/C18H25N3/c1-3-11-19-13-15-12-14-7-5-6-8-17(14)20-18(15)21(4-2)16-9-10-16/h5-8,12,16,19H,3-4,9-11,13H2,1-2H3. The molecule has 0 aliphatic heterocycles. The molecule has 1 aliphatic rings. The Labute approximate surface area is 127 Å². The first kappa shape index (κ1) is 14.3. The molecule has 0 radical (unpaired) electrons. The summed E-state index contributed by atoms with van der Waals surface area (Å²) in [5.74, 6) is 1.18. The van der Waals surface area contributed by atoms with Crippen LogP contribution in [0.5, 0.6) is 0 Å². The molecule has 1 fully saturated rings. The van der Waals surface area contributed by atoms with E-state index in [4.69, 9.17) is 4.98 Å². The zero-order chi connectivity index (χ0) is 14.7. The van der Waals surface area contributed by atoms with E-state index in [1.165, 1.54) is 29.6 Å². The number of rotatable bonds is 7. The summed E-state index contributed by atoms with van der Waals surface area (Å²) in [5, 5.41) is 4.77. The smallest absolute Gasteiger partial charge is 0.134 e. The zero-order valence-corrected chi connectivity index (χ0v) is 13.1. The van der Waals surface area contributed by atoms with Crippen LogP contribution in [-0.2, 0) is 6.54 Å². The van der Waals surface area contributed by atoms with Crippen LogP contribution in [0.2, 0.25) is 0 Å². The second-order valence-electron chi connectivity index (χ2n) is 5.86. The molecule has 112 valence electrons. The van der Waals surface area contributed by atoms with Crippen LogP contribution in [-0.4, -0.2) is 24.1 Å². The summed E-state index contributed by atoms with van der Waals surface area (Å²) in [6.45, 7) is 7.44. The minimum Gasteiger partial charge on any atom is -0.354 e. The van der Waals surface area contributed by atoms with Gasteiger partial charge in [0.05, 0.1) is 5.52 Å². The van der Waals surface area contributed by atoms with Crippen molar-refractivity contribution < 1.29 is 0 Å². The molecule has 0 saturated heterocycles. The van der Waals surface area contributed by atoms with Gasteiger partial charge in [-0.15, -0.1) is 0 Å². The number of hydrogen-bond acceptors (Lipinski definition) is 3. The highest BCUT2D eigenvalue weighted by molar-refractivity contribution is 5.82. The van der Waals surface area contributed by atoms with E-state index < -0.39 is 0 Å². The SMILES string of the molecule is CCCNCc1cc2ccccc2nc1N(CC)C1CC1. The molecule has 3 rings (SSSR count). The monoisotopic (exact) mass is 283 g/mol. The number of pyridine rings is 1. The first-order chi connectivity index (χ1) is 10.3. The molecule has 1 aromatic heterocycles. The van der Waals surface area contributed by atoms with E-state index in [9.17, 15) is 0 Å². The number of hydrogen-bond donors (Lipinski definition) is 1. The second-order valence-corrected chi connectivity index (χ2v) is 5.86. The van der Waals surface area contributed by atoms with Crippen LogP contribution < -0.4 is 10.2 Å². The van der Waals surface area contributed by atoms with Gasteiger partial charge in [0.1, 0.15) is 5.82 Å². The Morgan fingerprint density at radius 3 is 2.76 bits per heavy atom. The maximum Gasteiger partial charge on any atom is 0.134 e. The van der Waals surface area contributed by atoms with Crippen LogP contribution in [0.15, 0.2) is 30.3 Å². The van der Waals surface area contributed by atoms with Crippen LogP contribution in [0.4, 0.5) is 5.82 Å². The lowest BCUT2D eigenvalue weighted by Gasteiger charge is -2.25. The van der Waals surface area contributed by atoms with Gasteiger partial charge in [-0.1, -0.05) is 25.1 Å². The number of para-hydroxylation sites is 1. The Kier molecular flexibility index (Phi) is 4.39. The maximum absolute atomic E-state index is 4.97. The first-order valence-corrected chi connectivity index (χ1v) is 8.19. The topological polar surface area (TPSA) is 28.2 Å². The van der Waals surface area contributed by atoms with Crippen molar-refractivity contribution in [2.45, 2.75) is 45.7 Å². The Balaban J connectivity index is 1.98. The summed E-state index contributed by atoms with van der Waals surface area (Å²) in [7, 11) is 0. The molecule has 3 nitrogen and oxygen atoms in total. The summed E-state index contributed by atoms with van der Waals surface area (Å²) in [4.78, 5) is 7.45. The fourth-order valence-corrected chi connectivity index (χ4v) is 2.90. The van der Waals surface area contributed by atoms with E-state index in [0.717, 1.165) is 31.6 Å². The average Bonchev–Trinajstić information content (AvgIpc) is 3.33. The van der Waals surface area contributed by atoms with Gasteiger partial charge in [0.25, 0.3) is 0 Å². The van der Waals surface area contributed by atoms with Gasteiger partial charge in [-0.2, -0.15) is 0 Å². The van der Waals surface area contributed by atoms with Gasteiger partial charge < -0.3 is 10.2 Å². The van der Waals surface area contributed by atoms with Crippen molar-refractivity contribution in [2.75, 3.05) is 18.0 Å². The summed E-state index contributed by atoms with van der Waals surface area (Å²) < 4.78 is 0. The molecule has 0 bridgehead atoms. The molecular formula is C18H25N3. The molecule has 0 atom stereocenters. The number of aromatic nitrogens is 1. The molecular weight excluding hydrogens is 258 g/mol. The highest BCUT2D eigenvalue weighted by Gasteiger charge is 2.30. The van der Waals surface area contributed by atoms with Gasteiger partial charge >= 0.3 is 0 Å². The molecule has 1 aliphatic carbocycles. The number of benzene rings is 1. The minimum atomic E-state index is 0.702. The van der Waals surface area contributed by atoms with Crippen LogP contribution >= 0.6 is 0 Å². The summed E-state index contributed by atoms with van der Waals surface area (Å²) >= 11 is 0. The van der Waals surface area contributed by atoms with Crippen LogP contribution in [0.3, 0.4) is 0 Å². The fraction of sp³-hybridized carbons (Fsp3) is 0.500. The molecule has 0 amide bonds. The number of nitrogens with zero attached hydrogens (tertiary/aromatic N) is 2. The lowest BCUT2D eigenvalue weighted by Crippen LogP contribution is -2.28. The Bertz CT molecular complexity index is 604. The summed E-state index contributed by atoms with van der Waals surface area (Å²) in [5.41, 5.74) is 2.43. The third-order valence-electron chi connectivity index (χ3n) is 4.12. The lowest BCUT2D eigenvalue weighted by atomic mass is 10.1. The highest BCUT2D eigenvalue weighted by Crippen LogP contribution is 2.33. The van der Waals surface area contributed by atoms with Gasteiger partial charge in [-0.3, -0.25) is 0 Å². The second kappa shape index (κ2) is 6.44. The summed E-state index contributed by atoms with van der Waals surface area (Å²) in [6.07, 6.45) is 3.78. The van der Waals surface area contributed by atoms with Crippen molar-refractivity contribution in [3.8, 4) is 0 Å². The van der Waals surface area contributed by atoms with Crippen molar-refractivity contribution in [3.05, 3.63) is 35.9 Å². The van der Waals surface area contributed by atoms with Crippen molar-refractivity contribution >= 4 is 16.7 Å². The van der Waals surface area contributed by atoms with Crippen molar-refractivity contribution in [2.24, 2.45) is 0 Å². The van der Waals surface area contributed by atoms with Crippen LogP contribution in [0, 0.1) is 0 Å². The molecule has 0 spiro atoms. The Morgan fingerprint density at radius 1 is 1.24 bits per heavy atom. The van der Waals surface area contributed by atoms with Crippen molar-refractivity contribution in [1.82, 2.24) is 10.3 Å². The van der Waals surface area contributed by atoms with Gasteiger partial charge in [0.15, 0.2) is 0 Å². The fourth-order valence-electron chi connectivity index (χ4n) is 2.90. The third kappa shape index (κ3) is 3.18. The summed E-state index contributed by atoms with van der Waals surface area (Å²) in [6, 6.07) is 11.4. The van der Waals surface area contributed by atoms with Gasteiger partial charge in [-0.25, -0.2) is 4.98 Å². The molecule has 21 heavy (non-hydrogen) atoms. The predicted octanol–water partition coefficient (Wildman–Crippen LogP) is 3.72. The normalized spacial score (nSPS) is 14.6. The van der Waals surface area contributed by atoms with E-state index in [0.29, 0.717) is 6.04 Å². The van der Waals surface area contributed by atoms with Crippen LogP contribution in [0.25, 0.3) is 10.9 Å². The molecule has 1 N–H and O–H groups in total. The average molecular weight is 283 g/mol. The van der Waals surface area contributed by atoms with E-state index in [1.54, 1.807) is 0 Å². The predicted molar refractivity (Wildman–Crippen MR) is 89.8 cm³/mol. The van der Waals surface area contributed by atoms with Crippen LogP contribution in [0.1, 0.15) is 38.7 Å². The van der Waals surface area contributed by atoms with E-state index >= 15 is 0 Å². The largest absolute Gasteiger partial charge is 0.354 e. The van der Waals surface area contributed by atoms with Gasteiger partial charge in [-0.05, 0) is 44.9 Å². The lowest BCUT2D eigenvalue weighted by molar-refractivity contribution is 0.670. The van der Waals surface area contributed by atoms with E-state index in [-0.39, 0.29) is 0 Å². The molecule has 2 aromatic rings. The first-order valence-electron chi connectivity index (χ1n) is 8.19. The molecule has 0 unspecified atom stereocenters. The number of nitrogens with one attached hydrogen (secondary N) is 1. The molecule has 3 heteroatoms.